The topological polar surface area (TPSA) is 114 Å². The third-order valence-electron chi connectivity index (χ3n) is 3.00. The second kappa shape index (κ2) is 7.55. The standard InChI is InChI=1S/C15H12BrN3O5/c1-24-13-7-12(19(22)23)6-10(14(13)20)8-17-18-15(21)9-2-4-11(16)5-3-9/h2-8,20H,1H3,(H,18,21)/b17-8-. The Hall–Kier alpha value is -2.94. The van der Waals surface area contributed by atoms with Crippen LogP contribution in [0.3, 0.4) is 0 Å². The maximum absolute atomic E-state index is 11.9. The predicted octanol–water partition coefficient (Wildman–Crippen LogP) is 2.84. The van der Waals surface area contributed by atoms with E-state index >= 15 is 0 Å². The second-order valence-electron chi connectivity index (χ2n) is 4.55. The number of halogens is 1. The summed E-state index contributed by atoms with van der Waals surface area (Å²) in [7, 11) is 1.27. The van der Waals surface area contributed by atoms with Crippen molar-refractivity contribution in [2.45, 2.75) is 0 Å². The molecular formula is C15H12BrN3O5. The number of nitrogens with zero attached hydrogens (tertiary/aromatic N) is 2. The molecule has 2 aromatic rings. The molecule has 0 unspecified atom stereocenters. The minimum absolute atomic E-state index is 0.0390. The van der Waals surface area contributed by atoms with Gasteiger partial charge in [-0.05, 0) is 24.3 Å². The molecule has 2 aromatic carbocycles. The van der Waals surface area contributed by atoms with Gasteiger partial charge in [0.05, 0.1) is 24.3 Å². The van der Waals surface area contributed by atoms with Gasteiger partial charge in [0, 0.05) is 21.7 Å². The molecule has 0 spiro atoms. The molecule has 8 nitrogen and oxygen atoms in total. The van der Waals surface area contributed by atoms with Gasteiger partial charge in [0.1, 0.15) is 0 Å². The van der Waals surface area contributed by atoms with Crippen molar-refractivity contribution in [1.29, 1.82) is 0 Å². The van der Waals surface area contributed by atoms with E-state index in [0.29, 0.717) is 5.56 Å². The first-order chi connectivity index (χ1) is 11.4. The summed E-state index contributed by atoms with van der Waals surface area (Å²) in [6.45, 7) is 0. The number of hydrogen-bond acceptors (Lipinski definition) is 6. The van der Waals surface area contributed by atoms with Gasteiger partial charge in [-0.3, -0.25) is 14.9 Å². The van der Waals surface area contributed by atoms with Crippen LogP contribution in [0.4, 0.5) is 5.69 Å². The van der Waals surface area contributed by atoms with E-state index in [-0.39, 0.29) is 22.7 Å². The van der Waals surface area contributed by atoms with Gasteiger partial charge in [0.25, 0.3) is 11.6 Å². The van der Waals surface area contributed by atoms with E-state index in [1.807, 2.05) is 0 Å². The molecule has 2 rings (SSSR count). The van der Waals surface area contributed by atoms with Crippen molar-refractivity contribution in [2.75, 3.05) is 7.11 Å². The third kappa shape index (κ3) is 4.07. The van der Waals surface area contributed by atoms with Crippen molar-refractivity contribution in [3.05, 3.63) is 62.1 Å². The van der Waals surface area contributed by atoms with E-state index in [4.69, 9.17) is 4.74 Å². The molecule has 2 N–H and O–H groups in total. The zero-order valence-electron chi connectivity index (χ0n) is 12.4. The van der Waals surface area contributed by atoms with E-state index < -0.39 is 10.8 Å². The third-order valence-corrected chi connectivity index (χ3v) is 3.52. The number of carbonyl (C=O) groups excluding carboxylic acids is 1. The number of carbonyl (C=O) groups is 1. The van der Waals surface area contributed by atoms with Crippen LogP contribution in [0.1, 0.15) is 15.9 Å². The van der Waals surface area contributed by atoms with Gasteiger partial charge in [-0.25, -0.2) is 5.43 Å². The summed E-state index contributed by atoms with van der Waals surface area (Å²) in [5.41, 5.74) is 2.43. The van der Waals surface area contributed by atoms with Crippen molar-refractivity contribution in [2.24, 2.45) is 5.10 Å². The number of phenols is 1. The zero-order chi connectivity index (χ0) is 17.7. The Morgan fingerprint density at radius 1 is 1.38 bits per heavy atom. The molecule has 0 atom stereocenters. The second-order valence-corrected chi connectivity index (χ2v) is 5.46. The van der Waals surface area contributed by atoms with Gasteiger partial charge in [-0.2, -0.15) is 5.10 Å². The highest BCUT2D eigenvalue weighted by atomic mass is 79.9. The highest BCUT2D eigenvalue weighted by molar-refractivity contribution is 9.10. The summed E-state index contributed by atoms with van der Waals surface area (Å²) in [4.78, 5) is 22.1. The molecule has 0 fully saturated rings. The Morgan fingerprint density at radius 2 is 2.04 bits per heavy atom. The Morgan fingerprint density at radius 3 is 2.62 bits per heavy atom. The monoisotopic (exact) mass is 393 g/mol. The highest BCUT2D eigenvalue weighted by Gasteiger charge is 2.15. The Balaban J connectivity index is 2.19. The first kappa shape index (κ1) is 17.4. The minimum atomic E-state index is -0.625. The molecule has 1 amide bonds. The maximum atomic E-state index is 11.9. The van der Waals surface area contributed by atoms with E-state index in [2.05, 4.69) is 26.5 Å². The Labute approximate surface area is 145 Å². The van der Waals surface area contributed by atoms with Gasteiger partial charge in [0.2, 0.25) is 0 Å². The summed E-state index contributed by atoms with van der Waals surface area (Å²) in [6.07, 6.45) is 1.10. The van der Waals surface area contributed by atoms with Crippen LogP contribution < -0.4 is 10.2 Å². The number of amides is 1. The van der Waals surface area contributed by atoms with Crippen molar-refractivity contribution < 1.29 is 19.6 Å². The van der Waals surface area contributed by atoms with E-state index in [9.17, 15) is 20.0 Å². The molecule has 124 valence electrons. The summed E-state index contributed by atoms with van der Waals surface area (Å²) >= 11 is 3.26. The average Bonchev–Trinajstić information content (AvgIpc) is 2.56. The van der Waals surface area contributed by atoms with E-state index in [0.717, 1.165) is 22.8 Å². The van der Waals surface area contributed by atoms with E-state index in [1.165, 1.54) is 7.11 Å². The lowest BCUT2D eigenvalue weighted by molar-refractivity contribution is -0.385. The average molecular weight is 394 g/mol. The van der Waals surface area contributed by atoms with Crippen LogP contribution in [0.25, 0.3) is 0 Å². The lowest BCUT2D eigenvalue weighted by atomic mass is 10.2. The van der Waals surface area contributed by atoms with Crippen molar-refractivity contribution in [3.8, 4) is 11.5 Å². The number of nitro groups is 1. The van der Waals surface area contributed by atoms with Gasteiger partial charge in [0.15, 0.2) is 11.5 Å². The number of non-ortho nitro benzene ring substituents is 1. The van der Waals surface area contributed by atoms with Crippen LogP contribution >= 0.6 is 15.9 Å². The number of hydrazone groups is 1. The van der Waals surface area contributed by atoms with Crippen LogP contribution in [0.2, 0.25) is 0 Å². The van der Waals surface area contributed by atoms with Crippen LogP contribution in [0.5, 0.6) is 11.5 Å². The van der Waals surface area contributed by atoms with Gasteiger partial charge in [-0.1, -0.05) is 15.9 Å². The number of phenolic OH excluding ortho intramolecular Hbond substituents is 1. The number of nitrogens with one attached hydrogen (secondary N) is 1. The Kier molecular flexibility index (Phi) is 5.48. The molecule has 0 radical (unpaired) electrons. The van der Waals surface area contributed by atoms with Crippen LogP contribution in [0, 0.1) is 10.1 Å². The fraction of sp³-hybridized carbons (Fsp3) is 0.0667. The normalized spacial score (nSPS) is 10.6. The number of hydrogen-bond donors (Lipinski definition) is 2. The quantitative estimate of drug-likeness (QED) is 0.460. The molecule has 24 heavy (non-hydrogen) atoms. The molecule has 0 aromatic heterocycles. The SMILES string of the molecule is COc1cc([N+](=O)[O-])cc(/C=N\NC(=O)c2ccc(Br)cc2)c1O. The number of methoxy groups -OCH3 is 1. The number of ether oxygens (including phenoxy) is 1. The molecule has 0 heterocycles. The molecule has 0 aliphatic carbocycles. The van der Waals surface area contributed by atoms with Crippen LogP contribution in [-0.4, -0.2) is 29.3 Å². The van der Waals surface area contributed by atoms with Crippen molar-refractivity contribution in [3.63, 3.8) is 0 Å². The first-order valence-electron chi connectivity index (χ1n) is 6.56. The van der Waals surface area contributed by atoms with Gasteiger partial charge in [-0.15, -0.1) is 0 Å². The fourth-order valence-electron chi connectivity index (χ4n) is 1.80. The molecule has 0 saturated heterocycles. The van der Waals surface area contributed by atoms with Gasteiger partial charge >= 0.3 is 0 Å². The van der Waals surface area contributed by atoms with E-state index in [1.54, 1.807) is 24.3 Å². The molecular weight excluding hydrogens is 382 g/mol. The highest BCUT2D eigenvalue weighted by Crippen LogP contribution is 2.33. The summed E-state index contributed by atoms with van der Waals surface area (Å²) < 4.78 is 5.71. The van der Waals surface area contributed by atoms with Crippen LogP contribution in [-0.2, 0) is 0 Å². The lowest BCUT2D eigenvalue weighted by Crippen LogP contribution is -2.17. The smallest absolute Gasteiger partial charge is 0.274 e. The lowest BCUT2D eigenvalue weighted by Gasteiger charge is -2.06. The number of benzene rings is 2. The number of aromatic hydroxyl groups is 1. The zero-order valence-corrected chi connectivity index (χ0v) is 14.0. The Bertz CT molecular complexity index is 806. The summed E-state index contributed by atoms with van der Waals surface area (Å²) in [6, 6.07) is 8.82. The molecule has 0 bridgehead atoms. The minimum Gasteiger partial charge on any atom is -0.504 e. The van der Waals surface area contributed by atoms with Crippen molar-refractivity contribution in [1.82, 2.24) is 5.43 Å². The largest absolute Gasteiger partial charge is 0.504 e. The fourth-order valence-corrected chi connectivity index (χ4v) is 2.06. The maximum Gasteiger partial charge on any atom is 0.274 e. The number of nitro benzene ring substituents is 1. The molecule has 9 heteroatoms. The predicted molar refractivity (Wildman–Crippen MR) is 90.5 cm³/mol. The number of rotatable bonds is 5. The summed E-state index contributed by atoms with van der Waals surface area (Å²) in [5, 5.41) is 24.5. The molecule has 0 aliphatic rings. The molecule has 0 aliphatic heterocycles. The van der Waals surface area contributed by atoms with Gasteiger partial charge < -0.3 is 9.84 Å². The first-order valence-corrected chi connectivity index (χ1v) is 7.36. The van der Waals surface area contributed by atoms with Crippen LogP contribution in [0.15, 0.2) is 46.0 Å². The van der Waals surface area contributed by atoms with Crippen molar-refractivity contribution >= 4 is 33.7 Å². The summed E-state index contributed by atoms with van der Waals surface area (Å²) in [5.74, 6) is -0.842. The molecule has 0 saturated carbocycles.